The van der Waals surface area contributed by atoms with Crippen LogP contribution in [0.3, 0.4) is 0 Å². The van der Waals surface area contributed by atoms with Crippen molar-refractivity contribution < 1.29 is 0 Å². The Morgan fingerprint density at radius 1 is 0.190 bits per heavy atom. The standard InChI is InChI=1S/C62H36S/c1-2-16-37(17-3-1)59-43-22-8-12-26-47(43)61(48-27-13-9-23-44(48)59)62-49-28-14-10-24-45(49)60(46-25-11-15-29-50(46)62)40-30-31-57-55(34-40)56-35-53-52-33-39-19-5-4-18-38(39)32-51(52)41-20-6-7-21-42(41)54(53)36-58(56)63-57/h1-36H. The van der Waals surface area contributed by atoms with Crippen LogP contribution in [0.15, 0.2) is 218 Å². The van der Waals surface area contributed by atoms with E-state index in [0.29, 0.717) is 0 Å². The maximum Gasteiger partial charge on any atom is 0.0362 e. The first-order chi connectivity index (χ1) is 31.3. The van der Waals surface area contributed by atoms with Crippen LogP contribution in [0, 0.1) is 0 Å². The average molecular weight is 813 g/mol. The molecular weight excluding hydrogens is 777 g/mol. The molecule has 1 heterocycles. The van der Waals surface area contributed by atoms with E-state index in [-0.39, 0.29) is 0 Å². The van der Waals surface area contributed by atoms with Gasteiger partial charge < -0.3 is 0 Å². The Morgan fingerprint density at radius 3 is 1.06 bits per heavy atom. The topological polar surface area (TPSA) is 0 Å². The maximum atomic E-state index is 2.49. The van der Waals surface area contributed by atoms with Crippen LogP contribution in [0.4, 0.5) is 0 Å². The van der Waals surface area contributed by atoms with Gasteiger partial charge in [-0.25, -0.2) is 0 Å². The minimum Gasteiger partial charge on any atom is -0.135 e. The van der Waals surface area contributed by atoms with Crippen LogP contribution in [0.1, 0.15) is 0 Å². The zero-order valence-corrected chi connectivity index (χ0v) is 35.0. The highest BCUT2D eigenvalue weighted by molar-refractivity contribution is 7.25. The second-order valence-electron chi connectivity index (χ2n) is 17.0. The molecule has 0 radical (unpaired) electrons. The molecule has 1 heteroatoms. The van der Waals surface area contributed by atoms with E-state index in [1.165, 1.54) is 140 Å². The van der Waals surface area contributed by atoms with E-state index in [2.05, 4.69) is 218 Å². The first-order valence-corrected chi connectivity index (χ1v) is 22.6. The fourth-order valence-corrected chi connectivity index (χ4v) is 12.2. The molecule has 0 spiro atoms. The lowest BCUT2D eigenvalue weighted by Crippen LogP contribution is -1.94. The van der Waals surface area contributed by atoms with Crippen molar-refractivity contribution in [1.82, 2.24) is 0 Å². The smallest absolute Gasteiger partial charge is 0.0362 e. The van der Waals surface area contributed by atoms with Crippen LogP contribution in [0.5, 0.6) is 0 Å². The lowest BCUT2D eigenvalue weighted by Gasteiger charge is -2.22. The summed E-state index contributed by atoms with van der Waals surface area (Å²) in [6.45, 7) is 0. The predicted octanol–water partition coefficient (Wildman–Crippen LogP) is 18.3. The number of hydrogen-bond acceptors (Lipinski definition) is 1. The molecule has 0 bridgehead atoms. The normalized spacial score (nSPS) is 12.1. The van der Waals surface area contributed by atoms with Crippen molar-refractivity contribution in [2.45, 2.75) is 0 Å². The van der Waals surface area contributed by atoms with Crippen LogP contribution in [0.2, 0.25) is 0 Å². The molecule has 13 aromatic carbocycles. The summed E-state index contributed by atoms with van der Waals surface area (Å²) in [5.41, 5.74) is 7.63. The third kappa shape index (κ3) is 5.03. The van der Waals surface area contributed by atoms with Gasteiger partial charge in [-0.2, -0.15) is 0 Å². The molecule has 0 aliphatic rings. The summed E-state index contributed by atoms with van der Waals surface area (Å²) < 4.78 is 2.63. The maximum absolute atomic E-state index is 2.49. The highest BCUT2D eigenvalue weighted by Crippen LogP contribution is 2.51. The van der Waals surface area contributed by atoms with Gasteiger partial charge in [-0.3, -0.25) is 0 Å². The van der Waals surface area contributed by atoms with Gasteiger partial charge in [0.15, 0.2) is 0 Å². The molecule has 0 atom stereocenters. The van der Waals surface area contributed by atoms with Crippen LogP contribution in [-0.2, 0) is 0 Å². The molecule has 0 amide bonds. The lowest BCUT2D eigenvalue weighted by molar-refractivity contribution is 1.67. The minimum atomic E-state index is 1.24. The van der Waals surface area contributed by atoms with Crippen LogP contribution in [-0.4, -0.2) is 0 Å². The van der Waals surface area contributed by atoms with Gasteiger partial charge in [0.05, 0.1) is 0 Å². The Balaban J connectivity index is 1.06. The molecule has 0 fully saturated rings. The van der Waals surface area contributed by atoms with Crippen molar-refractivity contribution in [2.75, 3.05) is 0 Å². The number of hydrogen-bond donors (Lipinski definition) is 0. The molecule has 14 aromatic rings. The van der Waals surface area contributed by atoms with E-state index < -0.39 is 0 Å². The number of rotatable bonds is 3. The Bertz CT molecular complexity index is 4130. The van der Waals surface area contributed by atoms with E-state index in [4.69, 9.17) is 0 Å². The summed E-state index contributed by atoms with van der Waals surface area (Å²) in [6.07, 6.45) is 0. The van der Waals surface area contributed by atoms with Crippen molar-refractivity contribution in [2.24, 2.45) is 0 Å². The van der Waals surface area contributed by atoms with Gasteiger partial charge in [0, 0.05) is 20.2 Å². The van der Waals surface area contributed by atoms with Crippen molar-refractivity contribution >= 4 is 118 Å². The Morgan fingerprint density at radius 2 is 0.556 bits per heavy atom. The second kappa shape index (κ2) is 13.3. The summed E-state index contributed by atoms with van der Waals surface area (Å²) in [4.78, 5) is 0. The Hall–Kier alpha value is -7.84. The lowest BCUT2D eigenvalue weighted by atomic mass is 9.81. The van der Waals surface area contributed by atoms with Gasteiger partial charge in [0.1, 0.15) is 0 Å². The van der Waals surface area contributed by atoms with E-state index >= 15 is 0 Å². The summed E-state index contributed by atoms with van der Waals surface area (Å²) in [5, 5.41) is 23.2. The van der Waals surface area contributed by atoms with Gasteiger partial charge in [0.2, 0.25) is 0 Å². The summed E-state index contributed by atoms with van der Waals surface area (Å²) >= 11 is 1.91. The third-order valence-corrected chi connectivity index (χ3v) is 14.9. The first kappa shape index (κ1) is 34.8. The molecule has 1 aromatic heterocycles. The number of benzene rings is 13. The molecule has 0 aliphatic heterocycles. The zero-order valence-electron chi connectivity index (χ0n) is 34.2. The SMILES string of the molecule is c1ccc(-c2c3ccccc3c(-c3c4ccccc4c(-c4ccc5sc6cc7c8ccccc8c8cc9ccccc9cc8c7cc6c5c4)c4ccccc34)c3ccccc23)cc1. The molecule has 0 nitrogen and oxygen atoms in total. The Labute approximate surface area is 367 Å². The van der Waals surface area contributed by atoms with Gasteiger partial charge in [-0.15, -0.1) is 11.3 Å². The van der Waals surface area contributed by atoms with Gasteiger partial charge in [-0.1, -0.05) is 182 Å². The predicted molar refractivity (Wildman–Crippen MR) is 276 cm³/mol. The van der Waals surface area contributed by atoms with Crippen molar-refractivity contribution in [1.29, 1.82) is 0 Å². The minimum absolute atomic E-state index is 1.24. The van der Waals surface area contributed by atoms with Gasteiger partial charge >= 0.3 is 0 Å². The van der Waals surface area contributed by atoms with E-state index in [1.54, 1.807) is 0 Å². The highest BCUT2D eigenvalue weighted by Gasteiger charge is 2.23. The van der Waals surface area contributed by atoms with E-state index in [9.17, 15) is 0 Å². The third-order valence-electron chi connectivity index (χ3n) is 13.8. The van der Waals surface area contributed by atoms with Crippen LogP contribution in [0.25, 0.3) is 140 Å². The molecule has 0 unspecified atom stereocenters. The molecule has 0 saturated heterocycles. The van der Waals surface area contributed by atoms with E-state index in [0.717, 1.165) is 0 Å². The average Bonchev–Trinajstić information content (AvgIpc) is 3.71. The van der Waals surface area contributed by atoms with Gasteiger partial charge in [0.25, 0.3) is 0 Å². The molecule has 0 aliphatic carbocycles. The molecule has 0 N–H and O–H groups in total. The number of thiophene rings is 1. The fourth-order valence-electron chi connectivity index (χ4n) is 11.1. The quantitative estimate of drug-likeness (QED) is 0.123. The van der Waals surface area contributed by atoms with Crippen molar-refractivity contribution in [3.8, 4) is 33.4 Å². The summed E-state index contributed by atoms with van der Waals surface area (Å²) in [7, 11) is 0. The first-order valence-electron chi connectivity index (χ1n) is 21.8. The summed E-state index contributed by atoms with van der Waals surface area (Å²) in [5.74, 6) is 0. The largest absolute Gasteiger partial charge is 0.135 e. The monoisotopic (exact) mass is 812 g/mol. The second-order valence-corrected chi connectivity index (χ2v) is 18.1. The number of fused-ring (bicyclic) bond motifs is 14. The fraction of sp³-hybridized carbons (Fsp3) is 0. The molecule has 0 saturated carbocycles. The van der Waals surface area contributed by atoms with Crippen molar-refractivity contribution in [3.63, 3.8) is 0 Å². The van der Waals surface area contributed by atoms with E-state index in [1.807, 2.05) is 11.3 Å². The highest BCUT2D eigenvalue weighted by atomic mass is 32.1. The van der Waals surface area contributed by atoms with Crippen molar-refractivity contribution in [3.05, 3.63) is 218 Å². The molecule has 14 rings (SSSR count). The van der Waals surface area contributed by atoms with Gasteiger partial charge in [-0.05, 0) is 156 Å². The zero-order chi connectivity index (χ0) is 41.2. The molecular formula is C62H36S. The Kier molecular flexibility index (Phi) is 7.37. The summed E-state index contributed by atoms with van der Waals surface area (Å²) in [6, 6.07) is 81.8. The van der Waals surface area contributed by atoms with Crippen LogP contribution < -0.4 is 0 Å². The van der Waals surface area contributed by atoms with Crippen LogP contribution >= 0.6 is 11.3 Å². The molecule has 290 valence electrons. The molecule has 63 heavy (non-hydrogen) atoms.